The van der Waals surface area contributed by atoms with Crippen molar-refractivity contribution in [3.63, 3.8) is 0 Å². The van der Waals surface area contributed by atoms with E-state index in [1.807, 2.05) is 6.07 Å². The highest BCUT2D eigenvalue weighted by atomic mass is 16.6. The number of pyridine rings is 1. The number of nitrogens with zero attached hydrogens (tertiary/aromatic N) is 4. The average Bonchev–Trinajstić information content (AvgIpc) is 3.19. The SMILES string of the molecule is Cc1c(C=Nc2ccc([N+](=O)[O-])cc2)c(O)n(Cc2ccco2)c(=O)c1C#N. The molecule has 0 aliphatic rings. The van der Waals surface area contributed by atoms with E-state index < -0.39 is 10.5 Å². The minimum absolute atomic E-state index is 0.0506. The molecule has 1 N–H and O–H groups in total. The van der Waals surface area contributed by atoms with Crippen molar-refractivity contribution in [2.24, 2.45) is 4.99 Å². The molecule has 0 aliphatic carbocycles. The number of hydrogen-bond donors (Lipinski definition) is 1. The van der Waals surface area contributed by atoms with Crippen LogP contribution in [0.25, 0.3) is 0 Å². The zero-order valence-electron chi connectivity index (χ0n) is 14.7. The first kappa shape index (κ1) is 18.6. The number of rotatable bonds is 5. The van der Waals surface area contributed by atoms with E-state index >= 15 is 0 Å². The van der Waals surface area contributed by atoms with Gasteiger partial charge in [0, 0.05) is 18.3 Å². The molecule has 2 aromatic heterocycles. The van der Waals surface area contributed by atoms with Crippen molar-refractivity contribution in [2.75, 3.05) is 0 Å². The van der Waals surface area contributed by atoms with Crippen LogP contribution >= 0.6 is 0 Å². The van der Waals surface area contributed by atoms with E-state index in [4.69, 9.17) is 4.42 Å². The summed E-state index contributed by atoms with van der Waals surface area (Å²) in [6.45, 7) is 1.49. The van der Waals surface area contributed by atoms with Crippen molar-refractivity contribution in [1.82, 2.24) is 4.57 Å². The number of furan rings is 1. The van der Waals surface area contributed by atoms with Crippen LogP contribution in [0.5, 0.6) is 5.88 Å². The monoisotopic (exact) mass is 378 g/mol. The van der Waals surface area contributed by atoms with E-state index in [0.717, 1.165) is 4.57 Å². The smallest absolute Gasteiger partial charge is 0.271 e. The normalized spacial score (nSPS) is 10.9. The third kappa shape index (κ3) is 3.52. The van der Waals surface area contributed by atoms with Crippen LogP contribution in [0.4, 0.5) is 11.4 Å². The highest BCUT2D eigenvalue weighted by Crippen LogP contribution is 2.23. The van der Waals surface area contributed by atoms with Crippen molar-refractivity contribution in [2.45, 2.75) is 13.5 Å². The van der Waals surface area contributed by atoms with Crippen LogP contribution < -0.4 is 5.56 Å². The number of non-ortho nitro benzene ring substituents is 1. The van der Waals surface area contributed by atoms with Crippen molar-refractivity contribution in [3.05, 3.63) is 85.6 Å². The van der Waals surface area contributed by atoms with Gasteiger partial charge in [0.15, 0.2) is 0 Å². The van der Waals surface area contributed by atoms with Crippen molar-refractivity contribution in [3.8, 4) is 11.9 Å². The summed E-state index contributed by atoms with van der Waals surface area (Å²) in [5.74, 6) is 0.0759. The lowest BCUT2D eigenvalue weighted by atomic mass is 10.1. The van der Waals surface area contributed by atoms with E-state index in [0.29, 0.717) is 11.4 Å². The highest BCUT2D eigenvalue weighted by Gasteiger charge is 2.18. The largest absolute Gasteiger partial charge is 0.494 e. The van der Waals surface area contributed by atoms with E-state index in [9.17, 15) is 25.3 Å². The molecule has 2 heterocycles. The molecule has 0 atom stereocenters. The van der Waals surface area contributed by atoms with Gasteiger partial charge in [-0.2, -0.15) is 5.26 Å². The molecule has 140 valence electrons. The quantitative estimate of drug-likeness (QED) is 0.412. The second-order valence-electron chi connectivity index (χ2n) is 5.85. The molecule has 3 rings (SSSR count). The molecule has 0 unspecified atom stereocenters. The molecular weight excluding hydrogens is 364 g/mol. The van der Waals surface area contributed by atoms with Gasteiger partial charge in [0.1, 0.15) is 17.4 Å². The van der Waals surface area contributed by atoms with Gasteiger partial charge in [-0.05, 0) is 36.8 Å². The van der Waals surface area contributed by atoms with Gasteiger partial charge >= 0.3 is 0 Å². The van der Waals surface area contributed by atoms with Gasteiger partial charge in [0.2, 0.25) is 5.88 Å². The Kier molecular flexibility index (Phi) is 5.04. The van der Waals surface area contributed by atoms with E-state index in [1.54, 1.807) is 12.1 Å². The Bertz CT molecular complexity index is 1150. The number of nitro benzene ring substituents is 1. The van der Waals surface area contributed by atoms with Gasteiger partial charge in [-0.15, -0.1) is 0 Å². The van der Waals surface area contributed by atoms with Gasteiger partial charge in [-0.1, -0.05) is 0 Å². The lowest BCUT2D eigenvalue weighted by molar-refractivity contribution is -0.384. The molecule has 9 heteroatoms. The Morgan fingerprint density at radius 1 is 1.36 bits per heavy atom. The number of benzene rings is 1. The molecule has 0 fully saturated rings. The Balaban J connectivity index is 2.05. The molecule has 0 aliphatic heterocycles. The van der Waals surface area contributed by atoms with Gasteiger partial charge < -0.3 is 9.52 Å². The fourth-order valence-electron chi connectivity index (χ4n) is 2.63. The summed E-state index contributed by atoms with van der Waals surface area (Å²) in [6.07, 6.45) is 2.75. The summed E-state index contributed by atoms with van der Waals surface area (Å²) in [6, 6.07) is 10.7. The molecule has 0 amide bonds. The van der Waals surface area contributed by atoms with Crippen LogP contribution in [0.15, 0.2) is 56.9 Å². The zero-order chi connectivity index (χ0) is 20.3. The summed E-state index contributed by atoms with van der Waals surface area (Å²) < 4.78 is 6.24. The molecular formula is C19H14N4O5. The maximum Gasteiger partial charge on any atom is 0.271 e. The Labute approximate surface area is 158 Å². The standard InChI is InChI=1S/C19H14N4O5/c1-12-16(9-20)18(24)22(11-15-3-2-8-28-15)19(25)17(12)10-21-13-4-6-14(7-5-13)23(26)27/h2-8,10,25H,11H2,1H3. The van der Waals surface area contributed by atoms with Crippen molar-refractivity contribution >= 4 is 17.6 Å². The van der Waals surface area contributed by atoms with Gasteiger partial charge in [0.25, 0.3) is 11.2 Å². The first-order valence-electron chi connectivity index (χ1n) is 8.09. The molecule has 1 aromatic carbocycles. The minimum Gasteiger partial charge on any atom is -0.494 e. The molecule has 0 bridgehead atoms. The molecule has 0 radical (unpaired) electrons. The third-order valence-corrected chi connectivity index (χ3v) is 4.14. The Morgan fingerprint density at radius 3 is 2.64 bits per heavy atom. The van der Waals surface area contributed by atoms with Gasteiger partial charge in [0.05, 0.1) is 29.0 Å². The van der Waals surface area contributed by atoms with Crippen LogP contribution in [-0.2, 0) is 6.54 Å². The molecule has 3 aromatic rings. The number of aromatic nitrogens is 1. The zero-order valence-corrected chi connectivity index (χ0v) is 14.7. The van der Waals surface area contributed by atoms with Gasteiger partial charge in [-0.25, -0.2) is 0 Å². The van der Waals surface area contributed by atoms with Gasteiger partial charge in [-0.3, -0.25) is 24.5 Å². The minimum atomic E-state index is -0.638. The Morgan fingerprint density at radius 2 is 2.07 bits per heavy atom. The third-order valence-electron chi connectivity index (χ3n) is 4.14. The van der Waals surface area contributed by atoms with Crippen LogP contribution in [0.1, 0.15) is 22.5 Å². The van der Waals surface area contributed by atoms with E-state index in [1.165, 1.54) is 43.7 Å². The predicted molar refractivity (Wildman–Crippen MR) is 100.0 cm³/mol. The molecule has 0 spiro atoms. The Hall–Kier alpha value is -4.19. The fraction of sp³-hybridized carbons (Fsp3) is 0.105. The van der Waals surface area contributed by atoms with Crippen LogP contribution in [0.3, 0.4) is 0 Å². The lowest BCUT2D eigenvalue weighted by Gasteiger charge is -2.13. The number of aliphatic imine (C=N–C) groups is 1. The van der Waals surface area contributed by atoms with Crippen molar-refractivity contribution in [1.29, 1.82) is 5.26 Å². The number of nitriles is 1. The van der Waals surface area contributed by atoms with E-state index in [2.05, 4.69) is 4.99 Å². The van der Waals surface area contributed by atoms with Crippen LogP contribution in [0, 0.1) is 28.4 Å². The summed E-state index contributed by atoms with van der Waals surface area (Å²) >= 11 is 0. The first-order valence-corrected chi connectivity index (χ1v) is 8.09. The molecule has 28 heavy (non-hydrogen) atoms. The number of nitro groups is 1. The first-order chi connectivity index (χ1) is 13.4. The van der Waals surface area contributed by atoms with Crippen LogP contribution in [0.2, 0.25) is 0 Å². The van der Waals surface area contributed by atoms with Crippen molar-refractivity contribution < 1.29 is 14.4 Å². The maximum absolute atomic E-state index is 12.5. The average molecular weight is 378 g/mol. The topological polar surface area (TPSA) is 135 Å². The summed E-state index contributed by atoms with van der Waals surface area (Å²) in [5, 5.41) is 30.7. The maximum atomic E-state index is 12.5. The summed E-state index contributed by atoms with van der Waals surface area (Å²) in [7, 11) is 0. The lowest BCUT2D eigenvalue weighted by Crippen LogP contribution is -2.25. The predicted octanol–water partition coefficient (Wildman–Crippen LogP) is 3.03. The van der Waals surface area contributed by atoms with E-state index in [-0.39, 0.29) is 34.8 Å². The number of hydrogen-bond acceptors (Lipinski definition) is 7. The second kappa shape index (κ2) is 7.59. The molecule has 0 saturated heterocycles. The van der Waals surface area contributed by atoms with Crippen LogP contribution in [-0.4, -0.2) is 20.8 Å². The summed E-state index contributed by atoms with van der Waals surface area (Å²) in [5.41, 5.74) is 0.0618. The fourth-order valence-corrected chi connectivity index (χ4v) is 2.63. The second-order valence-corrected chi connectivity index (χ2v) is 5.85. The summed E-state index contributed by atoms with van der Waals surface area (Å²) in [4.78, 5) is 26.9. The molecule has 9 nitrogen and oxygen atoms in total. The highest BCUT2D eigenvalue weighted by molar-refractivity contribution is 5.87. The number of aromatic hydroxyl groups is 1. The molecule has 0 saturated carbocycles.